The first-order valence-corrected chi connectivity index (χ1v) is 14.7. The lowest BCUT2D eigenvalue weighted by molar-refractivity contribution is -0.313. The first-order valence-electron chi connectivity index (χ1n) is 13.7. The van der Waals surface area contributed by atoms with Crippen molar-refractivity contribution in [3.8, 4) is 0 Å². The zero-order valence-electron chi connectivity index (χ0n) is 23.4. The van der Waals surface area contributed by atoms with Gasteiger partial charge in [0.25, 0.3) is 5.91 Å². The molecule has 11 atom stereocenters. The van der Waals surface area contributed by atoms with Crippen LogP contribution in [0.1, 0.15) is 37.0 Å². The SMILES string of the molecule is COC1C(C(=O)O)OC(OC2C(O)C(CO)OC(C)C2NC(C)=O)C2OC(CCCNC(=O)c3ccc(I)cc3)OC21. The lowest BCUT2D eigenvalue weighted by Crippen LogP contribution is -2.67. The third-order valence-corrected chi connectivity index (χ3v) is 8.16. The van der Waals surface area contributed by atoms with E-state index in [0.29, 0.717) is 24.9 Å². The maximum atomic E-state index is 12.4. The highest BCUT2D eigenvalue weighted by Gasteiger charge is 2.57. The van der Waals surface area contributed by atoms with Crippen molar-refractivity contribution in [2.75, 3.05) is 20.3 Å². The number of benzene rings is 1. The second kappa shape index (κ2) is 14.7. The first kappa shape index (κ1) is 32.9. The minimum atomic E-state index is -1.49. The Kier molecular flexibility index (Phi) is 11.5. The van der Waals surface area contributed by atoms with Crippen molar-refractivity contribution >= 4 is 40.4 Å². The molecule has 1 aromatic rings. The van der Waals surface area contributed by atoms with Crippen molar-refractivity contribution in [1.82, 2.24) is 10.6 Å². The van der Waals surface area contributed by atoms with Crippen LogP contribution in [0, 0.1) is 3.57 Å². The highest BCUT2D eigenvalue weighted by atomic mass is 127. The van der Waals surface area contributed by atoms with Gasteiger partial charge < -0.3 is 54.4 Å². The number of aliphatic carboxylic acids is 1. The minimum absolute atomic E-state index is 0.210. The van der Waals surface area contributed by atoms with Gasteiger partial charge in [-0.25, -0.2) is 4.79 Å². The van der Waals surface area contributed by atoms with Crippen LogP contribution in [0.2, 0.25) is 0 Å². The largest absolute Gasteiger partial charge is 0.479 e. The maximum absolute atomic E-state index is 12.4. The molecule has 11 unspecified atom stereocenters. The number of halogens is 1. The molecule has 15 heteroatoms. The Bertz CT molecular complexity index is 1090. The van der Waals surface area contributed by atoms with Crippen LogP contribution < -0.4 is 10.6 Å². The number of aliphatic hydroxyl groups excluding tert-OH is 2. The molecule has 0 aromatic heterocycles. The summed E-state index contributed by atoms with van der Waals surface area (Å²) in [6.07, 6.45) is -9.85. The normalized spacial score (nSPS) is 36.2. The van der Waals surface area contributed by atoms with E-state index in [9.17, 15) is 29.7 Å². The molecule has 0 spiro atoms. The Labute approximate surface area is 256 Å². The van der Waals surface area contributed by atoms with E-state index in [2.05, 4.69) is 33.2 Å². The summed E-state index contributed by atoms with van der Waals surface area (Å²) in [7, 11) is 1.33. The molecule has 1 aromatic carbocycles. The summed E-state index contributed by atoms with van der Waals surface area (Å²) < 4.78 is 36.2. The van der Waals surface area contributed by atoms with Gasteiger partial charge in [0.1, 0.15) is 36.6 Å². The Balaban J connectivity index is 1.45. The molecule has 0 bridgehead atoms. The van der Waals surface area contributed by atoms with Crippen molar-refractivity contribution < 1.29 is 58.1 Å². The highest BCUT2D eigenvalue weighted by molar-refractivity contribution is 14.1. The fourth-order valence-electron chi connectivity index (χ4n) is 5.41. The standard InChI is InChI=1S/C27H37IN2O12/c1-12-18(30-13(2)32)20(19(33)16(11-31)38-12)41-27-24-22(21(37-3)23(42-27)26(35)36)39-17(40-24)5-4-10-29-25(34)14-6-8-15(28)9-7-14/h6-9,12,16-24,27,31,33H,4-5,10-11H2,1-3H3,(H,29,34)(H,30,32)(H,35,36). The summed E-state index contributed by atoms with van der Waals surface area (Å²) in [6, 6.07) is 6.32. The zero-order chi connectivity index (χ0) is 30.6. The second-order valence-corrected chi connectivity index (χ2v) is 11.6. The minimum Gasteiger partial charge on any atom is -0.479 e. The molecule has 14 nitrogen and oxygen atoms in total. The van der Waals surface area contributed by atoms with Gasteiger partial charge in [-0.1, -0.05) is 0 Å². The molecule has 2 amide bonds. The average molecular weight is 708 g/mol. The monoisotopic (exact) mass is 708 g/mol. The van der Waals surface area contributed by atoms with Crippen LogP contribution in [-0.2, 0) is 38.0 Å². The lowest BCUT2D eigenvalue weighted by atomic mass is 9.92. The van der Waals surface area contributed by atoms with E-state index in [-0.39, 0.29) is 5.91 Å². The van der Waals surface area contributed by atoms with Gasteiger partial charge in [0.15, 0.2) is 18.7 Å². The predicted octanol–water partition coefficient (Wildman–Crippen LogP) is -0.234. The van der Waals surface area contributed by atoms with E-state index in [1.54, 1.807) is 19.1 Å². The van der Waals surface area contributed by atoms with E-state index in [0.717, 1.165) is 3.57 Å². The van der Waals surface area contributed by atoms with Crippen LogP contribution >= 0.6 is 22.6 Å². The molecule has 42 heavy (non-hydrogen) atoms. The van der Waals surface area contributed by atoms with Gasteiger partial charge in [0.05, 0.1) is 18.8 Å². The van der Waals surface area contributed by atoms with Crippen LogP contribution in [0.4, 0.5) is 0 Å². The van der Waals surface area contributed by atoms with Crippen LogP contribution in [0.3, 0.4) is 0 Å². The van der Waals surface area contributed by atoms with E-state index < -0.39 is 85.9 Å². The van der Waals surface area contributed by atoms with Crippen LogP contribution in [-0.4, -0.2) is 121 Å². The summed E-state index contributed by atoms with van der Waals surface area (Å²) in [5.41, 5.74) is 0.542. The highest BCUT2D eigenvalue weighted by Crippen LogP contribution is 2.37. The van der Waals surface area contributed by atoms with Crippen LogP contribution in [0.5, 0.6) is 0 Å². The van der Waals surface area contributed by atoms with Crippen molar-refractivity contribution in [3.05, 3.63) is 33.4 Å². The molecule has 3 aliphatic rings. The van der Waals surface area contributed by atoms with Crippen LogP contribution in [0.15, 0.2) is 24.3 Å². The van der Waals surface area contributed by atoms with E-state index in [1.807, 2.05) is 12.1 Å². The number of hydrogen-bond donors (Lipinski definition) is 5. The van der Waals surface area contributed by atoms with Crippen molar-refractivity contribution in [3.63, 3.8) is 0 Å². The molecule has 3 fully saturated rings. The molecule has 0 saturated carbocycles. The van der Waals surface area contributed by atoms with Crippen molar-refractivity contribution in [2.45, 2.75) is 94.1 Å². The van der Waals surface area contributed by atoms with Gasteiger partial charge in [-0.05, 0) is 60.2 Å². The van der Waals surface area contributed by atoms with Crippen molar-refractivity contribution in [2.24, 2.45) is 0 Å². The second-order valence-electron chi connectivity index (χ2n) is 10.4. The molecule has 5 N–H and O–H groups in total. The van der Waals surface area contributed by atoms with E-state index in [4.69, 9.17) is 28.4 Å². The number of carbonyl (C=O) groups is 3. The molecule has 3 aliphatic heterocycles. The quantitative estimate of drug-likeness (QED) is 0.150. The number of rotatable bonds is 11. The third-order valence-electron chi connectivity index (χ3n) is 7.44. The number of ether oxygens (including phenoxy) is 6. The third kappa shape index (κ3) is 7.57. The summed E-state index contributed by atoms with van der Waals surface area (Å²) in [4.78, 5) is 36.4. The maximum Gasteiger partial charge on any atom is 0.335 e. The summed E-state index contributed by atoms with van der Waals surface area (Å²) in [5.74, 6) is -1.93. The topological polar surface area (TPSA) is 191 Å². The lowest BCUT2D eigenvalue weighted by Gasteiger charge is -2.47. The van der Waals surface area contributed by atoms with Gasteiger partial charge >= 0.3 is 5.97 Å². The van der Waals surface area contributed by atoms with E-state index in [1.165, 1.54) is 14.0 Å². The van der Waals surface area contributed by atoms with Gasteiger partial charge in [-0.3, -0.25) is 9.59 Å². The Hall–Kier alpha value is -1.96. The number of amides is 2. The molecule has 3 saturated heterocycles. The number of aliphatic hydroxyl groups is 2. The zero-order valence-corrected chi connectivity index (χ0v) is 25.5. The Morgan fingerprint density at radius 3 is 2.36 bits per heavy atom. The fraction of sp³-hybridized carbons (Fsp3) is 0.667. The molecule has 0 aliphatic carbocycles. The number of carboxylic acids is 1. The van der Waals surface area contributed by atoms with Crippen LogP contribution in [0.25, 0.3) is 0 Å². The number of hydrogen-bond acceptors (Lipinski definition) is 11. The number of carboxylic acid groups (broad SMARTS) is 1. The van der Waals surface area contributed by atoms with Gasteiger partial charge in [0, 0.05) is 36.1 Å². The molecule has 0 radical (unpaired) electrons. The smallest absolute Gasteiger partial charge is 0.335 e. The summed E-state index contributed by atoms with van der Waals surface area (Å²) in [5, 5.41) is 36.1. The molecule has 3 heterocycles. The fourth-order valence-corrected chi connectivity index (χ4v) is 5.77. The molecule has 4 rings (SSSR count). The molecular weight excluding hydrogens is 671 g/mol. The number of methoxy groups -OCH3 is 1. The number of nitrogens with one attached hydrogen (secondary N) is 2. The van der Waals surface area contributed by atoms with Gasteiger partial charge in [0.2, 0.25) is 5.91 Å². The summed E-state index contributed by atoms with van der Waals surface area (Å²) in [6.45, 7) is 2.78. The molecule has 234 valence electrons. The number of fused-ring (bicyclic) bond motifs is 1. The van der Waals surface area contributed by atoms with E-state index >= 15 is 0 Å². The molecular formula is C27H37IN2O12. The first-order chi connectivity index (χ1) is 20.0. The van der Waals surface area contributed by atoms with Crippen molar-refractivity contribution in [1.29, 1.82) is 0 Å². The van der Waals surface area contributed by atoms with Gasteiger partial charge in [-0.15, -0.1) is 0 Å². The summed E-state index contributed by atoms with van der Waals surface area (Å²) >= 11 is 2.16. The Morgan fingerprint density at radius 1 is 1.05 bits per heavy atom. The average Bonchev–Trinajstić information content (AvgIpc) is 3.38. The number of carbonyl (C=O) groups excluding carboxylic acids is 2. The predicted molar refractivity (Wildman–Crippen MR) is 151 cm³/mol. The Morgan fingerprint density at radius 2 is 1.74 bits per heavy atom. The van der Waals surface area contributed by atoms with Gasteiger partial charge in [-0.2, -0.15) is 0 Å².